The number of piperidine rings is 1. The number of hydrogen-bond donors (Lipinski definition) is 1. The van der Waals surface area contributed by atoms with Crippen LogP contribution in [0.3, 0.4) is 0 Å². The average Bonchev–Trinajstić information content (AvgIpc) is 2.63. The van der Waals surface area contributed by atoms with Crippen molar-refractivity contribution in [3.8, 4) is 0 Å². The van der Waals surface area contributed by atoms with Crippen molar-refractivity contribution in [1.29, 1.82) is 0 Å². The van der Waals surface area contributed by atoms with Gasteiger partial charge in [-0.05, 0) is 36.6 Å². The molecule has 2 amide bonds. The minimum absolute atomic E-state index is 0.159. The van der Waals surface area contributed by atoms with E-state index in [4.69, 9.17) is 0 Å². The lowest BCUT2D eigenvalue weighted by Gasteiger charge is -2.38. The molecule has 5 nitrogen and oxygen atoms in total. The summed E-state index contributed by atoms with van der Waals surface area (Å²) < 4.78 is 0. The first-order chi connectivity index (χ1) is 12.1. The molecule has 0 spiro atoms. The molecule has 1 heterocycles. The van der Waals surface area contributed by atoms with E-state index in [2.05, 4.69) is 0 Å². The van der Waals surface area contributed by atoms with Crippen LogP contribution in [0.15, 0.2) is 60.7 Å². The maximum absolute atomic E-state index is 13.3. The van der Waals surface area contributed by atoms with Gasteiger partial charge < -0.3 is 10.0 Å². The van der Waals surface area contributed by atoms with Crippen LogP contribution in [0.5, 0.6) is 0 Å². The molecule has 5 heteroatoms. The maximum Gasteiger partial charge on any atom is 0.329 e. The van der Waals surface area contributed by atoms with Gasteiger partial charge in [0, 0.05) is 13.1 Å². The molecule has 2 aromatic rings. The number of amides is 2. The van der Waals surface area contributed by atoms with E-state index in [9.17, 15) is 14.7 Å². The van der Waals surface area contributed by atoms with E-state index in [-0.39, 0.29) is 18.5 Å². The molecule has 3 rings (SSSR count). The number of likely N-dealkylation sites (tertiary alicyclic amines) is 1. The molecular formula is C20H22N2O3. The Labute approximate surface area is 147 Å². The summed E-state index contributed by atoms with van der Waals surface area (Å²) in [6, 6.07) is 18.7. The zero-order valence-corrected chi connectivity index (χ0v) is 14.2. The number of rotatable bonds is 3. The van der Waals surface area contributed by atoms with Crippen LogP contribution in [-0.4, -0.2) is 35.1 Å². The van der Waals surface area contributed by atoms with E-state index in [1.807, 2.05) is 67.6 Å². The minimum atomic E-state index is -0.838. The fourth-order valence-corrected chi connectivity index (χ4v) is 3.35. The number of carboxylic acids is 1. The van der Waals surface area contributed by atoms with Crippen LogP contribution < -0.4 is 4.90 Å². The summed E-state index contributed by atoms with van der Waals surface area (Å²) >= 11 is 0. The maximum atomic E-state index is 13.3. The van der Waals surface area contributed by atoms with Crippen LogP contribution in [0.2, 0.25) is 0 Å². The van der Waals surface area contributed by atoms with Gasteiger partial charge in [-0.1, -0.05) is 43.3 Å². The second-order valence-electron chi connectivity index (χ2n) is 6.57. The van der Waals surface area contributed by atoms with E-state index in [1.54, 1.807) is 9.80 Å². The molecule has 0 aliphatic carbocycles. The molecule has 1 aliphatic heterocycles. The zero-order valence-electron chi connectivity index (χ0n) is 14.2. The average molecular weight is 338 g/mol. The highest BCUT2D eigenvalue weighted by molar-refractivity contribution is 5.99. The monoisotopic (exact) mass is 338 g/mol. The SMILES string of the molecule is CC1CC(C(=O)O)CN(C(=O)N(c2ccccc2)c2ccccc2)C1. The van der Waals surface area contributed by atoms with Crippen molar-refractivity contribution in [1.82, 2.24) is 4.90 Å². The van der Waals surface area contributed by atoms with E-state index >= 15 is 0 Å². The van der Waals surface area contributed by atoms with Crippen molar-refractivity contribution >= 4 is 23.4 Å². The molecule has 2 unspecified atom stereocenters. The smallest absolute Gasteiger partial charge is 0.329 e. The highest BCUT2D eigenvalue weighted by Crippen LogP contribution is 2.29. The first-order valence-corrected chi connectivity index (χ1v) is 8.48. The van der Waals surface area contributed by atoms with Crippen molar-refractivity contribution in [3.63, 3.8) is 0 Å². The van der Waals surface area contributed by atoms with Gasteiger partial charge in [0.1, 0.15) is 0 Å². The first kappa shape index (κ1) is 17.0. The fourth-order valence-electron chi connectivity index (χ4n) is 3.35. The summed E-state index contributed by atoms with van der Waals surface area (Å²) in [6.07, 6.45) is 0.607. The van der Waals surface area contributed by atoms with Crippen molar-refractivity contribution in [2.24, 2.45) is 11.8 Å². The highest BCUT2D eigenvalue weighted by atomic mass is 16.4. The Morgan fingerprint density at radius 3 is 1.96 bits per heavy atom. The number of urea groups is 1. The second kappa shape index (κ2) is 7.38. The van der Waals surface area contributed by atoms with Crippen molar-refractivity contribution in [3.05, 3.63) is 60.7 Å². The number of hydrogen-bond acceptors (Lipinski definition) is 2. The van der Waals surface area contributed by atoms with Crippen molar-refractivity contribution in [2.75, 3.05) is 18.0 Å². The van der Waals surface area contributed by atoms with Crippen LogP contribution >= 0.6 is 0 Å². The summed E-state index contributed by atoms with van der Waals surface area (Å²) in [5.41, 5.74) is 1.53. The first-order valence-electron chi connectivity index (χ1n) is 8.48. The molecule has 1 fully saturated rings. The molecule has 25 heavy (non-hydrogen) atoms. The van der Waals surface area contributed by atoms with E-state index in [0.717, 1.165) is 11.4 Å². The predicted octanol–water partition coefficient (Wildman–Crippen LogP) is 3.99. The van der Waals surface area contributed by atoms with Gasteiger partial charge in [0.05, 0.1) is 17.3 Å². The van der Waals surface area contributed by atoms with Crippen LogP contribution in [-0.2, 0) is 4.79 Å². The van der Waals surface area contributed by atoms with Crippen LogP contribution in [0.4, 0.5) is 16.2 Å². The Hall–Kier alpha value is -2.82. The van der Waals surface area contributed by atoms with Crippen LogP contribution in [0.1, 0.15) is 13.3 Å². The van der Waals surface area contributed by atoms with Gasteiger partial charge in [0.25, 0.3) is 0 Å². The van der Waals surface area contributed by atoms with Crippen LogP contribution in [0.25, 0.3) is 0 Å². The predicted molar refractivity (Wildman–Crippen MR) is 96.9 cm³/mol. The summed E-state index contributed by atoms with van der Waals surface area (Å²) in [4.78, 5) is 28.0. The number of carbonyl (C=O) groups is 2. The van der Waals surface area contributed by atoms with Gasteiger partial charge in [-0.15, -0.1) is 0 Å². The number of carboxylic acid groups (broad SMARTS) is 1. The summed E-state index contributed by atoms with van der Waals surface area (Å²) in [5.74, 6) is -1.19. The molecule has 0 saturated carbocycles. The Bertz CT molecular complexity index is 694. The quantitative estimate of drug-likeness (QED) is 0.920. The molecule has 0 radical (unpaired) electrons. The summed E-state index contributed by atoms with van der Waals surface area (Å²) in [5, 5.41) is 9.38. The fraction of sp³-hybridized carbons (Fsp3) is 0.300. The van der Waals surface area contributed by atoms with E-state index in [0.29, 0.717) is 13.0 Å². The molecule has 1 N–H and O–H groups in total. The Morgan fingerprint density at radius 1 is 0.960 bits per heavy atom. The Kier molecular flexibility index (Phi) is 5.03. The van der Waals surface area contributed by atoms with Gasteiger partial charge in [-0.25, -0.2) is 4.79 Å². The van der Waals surface area contributed by atoms with Gasteiger partial charge in [-0.2, -0.15) is 0 Å². The van der Waals surface area contributed by atoms with Gasteiger partial charge in [-0.3, -0.25) is 9.69 Å². The molecule has 2 atom stereocenters. The lowest BCUT2D eigenvalue weighted by molar-refractivity contribution is -0.143. The molecular weight excluding hydrogens is 316 g/mol. The third-order valence-electron chi connectivity index (χ3n) is 4.50. The van der Waals surface area contributed by atoms with Crippen LogP contribution in [0, 0.1) is 11.8 Å². The summed E-state index contributed by atoms with van der Waals surface area (Å²) in [6.45, 7) is 2.80. The van der Waals surface area contributed by atoms with E-state index < -0.39 is 11.9 Å². The molecule has 0 bridgehead atoms. The number of carbonyl (C=O) groups excluding carboxylic acids is 1. The standard InChI is InChI=1S/C20H22N2O3/c1-15-12-16(19(23)24)14-21(13-15)20(25)22(17-8-4-2-5-9-17)18-10-6-3-7-11-18/h2-11,15-16H,12-14H2,1H3,(H,23,24). The third-order valence-corrected chi connectivity index (χ3v) is 4.50. The third kappa shape index (κ3) is 3.82. The van der Waals surface area contributed by atoms with Crippen molar-refractivity contribution in [2.45, 2.75) is 13.3 Å². The number of para-hydroxylation sites is 2. The number of aliphatic carboxylic acids is 1. The zero-order chi connectivity index (χ0) is 17.8. The molecule has 0 aromatic heterocycles. The second-order valence-corrected chi connectivity index (χ2v) is 6.57. The molecule has 130 valence electrons. The summed E-state index contributed by atoms with van der Waals surface area (Å²) in [7, 11) is 0. The highest BCUT2D eigenvalue weighted by Gasteiger charge is 2.34. The van der Waals surface area contributed by atoms with Crippen molar-refractivity contribution < 1.29 is 14.7 Å². The van der Waals surface area contributed by atoms with Gasteiger partial charge >= 0.3 is 12.0 Å². The normalized spacial score (nSPS) is 20.1. The van der Waals surface area contributed by atoms with Gasteiger partial charge in [0.2, 0.25) is 0 Å². The molecule has 1 aliphatic rings. The van der Waals surface area contributed by atoms with E-state index in [1.165, 1.54) is 0 Å². The largest absolute Gasteiger partial charge is 0.481 e. The molecule has 1 saturated heterocycles. The van der Waals surface area contributed by atoms with Gasteiger partial charge in [0.15, 0.2) is 0 Å². The number of anilines is 2. The Morgan fingerprint density at radius 2 is 1.48 bits per heavy atom. The number of nitrogens with zero attached hydrogens (tertiary/aromatic N) is 2. The molecule has 2 aromatic carbocycles. The Balaban J connectivity index is 1.93. The minimum Gasteiger partial charge on any atom is -0.481 e. The number of benzene rings is 2. The lowest BCUT2D eigenvalue weighted by Crippen LogP contribution is -2.49. The lowest BCUT2D eigenvalue weighted by atomic mass is 9.90. The topological polar surface area (TPSA) is 60.9 Å².